The number of hydrogen-bond donors (Lipinski definition) is 1. The van der Waals surface area contributed by atoms with E-state index >= 15 is 0 Å². The van der Waals surface area contributed by atoms with E-state index in [-0.39, 0.29) is 5.91 Å². The summed E-state index contributed by atoms with van der Waals surface area (Å²) in [6, 6.07) is 6.02. The van der Waals surface area contributed by atoms with Gasteiger partial charge in [-0.05, 0) is 42.3 Å². The van der Waals surface area contributed by atoms with Gasteiger partial charge in [-0.2, -0.15) is 9.61 Å². The third kappa shape index (κ3) is 5.06. The quantitative estimate of drug-likeness (QED) is 0.600. The van der Waals surface area contributed by atoms with Gasteiger partial charge < -0.3 is 10.2 Å². The summed E-state index contributed by atoms with van der Waals surface area (Å²) in [6.07, 6.45) is 8.65. The first-order valence-corrected chi connectivity index (χ1v) is 11.1. The van der Waals surface area contributed by atoms with E-state index in [9.17, 15) is 4.79 Å². The minimum Gasteiger partial charge on any atom is -0.366 e. The van der Waals surface area contributed by atoms with Gasteiger partial charge in [0.05, 0.1) is 0 Å². The Balaban J connectivity index is 1.48. The number of aromatic nitrogens is 4. The fraction of sp³-hybridized carbons (Fsp3) is 0.478. The normalized spacial score (nSPS) is 15.0. The molecule has 1 fully saturated rings. The molecule has 0 aromatic carbocycles. The molecule has 31 heavy (non-hydrogen) atoms. The number of fused-ring (bicyclic) bond motifs is 1. The average Bonchev–Trinajstić information content (AvgIpc) is 3.17. The molecule has 8 heteroatoms. The molecule has 2 radical (unpaired) electrons. The summed E-state index contributed by atoms with van der Waals surface area (Å²) >= 11 is 0. The SMILES string of the molecule is [B]c1cnn2c(NCc3cccnc3)cc(C3CCN(C(=O)CCC(C)C)CC3)nc12. The summed E-state index contributed by atoms with van der Waals surface area (Å²) in [4.78, 5) is 23.5. The van der Waals surface area contributed by atoms with Crippen molar-refractivity contribution in [1.82, 2.24) is 24.5 Å². The van der Waals surface area contributed by atoms with Crippen LogP contribution in [0.15, 0.2) is 36.8 Å². The number of likely N-dealkylation sites (tertiary alicyclic amines) is 1. The van der Waals surface area contributed by atoms with E-state index in [0.29, 0.717) is 35.9 Å². The van der Waals surface area contributed by atoms with Crippen molar-refractivity contribution in [2.24, 2.45) is 5.92 Å². The Labute approximate surface area is 184 Å². The Hall–Kier alpha value is -2.90. The Bertz CT molecular complexity index is 1030. The standard InChI is InChI=1S/C23H29BN6O/c1-16(2)5-6-22(31)29-10-7-18(8-11-29)20-12-21(26-14-17-4-3-9-25-13-17)30-23(28-20)19(24)15-27-30/h3-4,9,12-13,15-16,18,26H,5-8,10-11,14H2,1-2H3. The molecule has 0 bridgehead atoms. The lowest BCUT2D eigenvalue weighted by atomic mass is 9.92. The molecular weight excluding hydrogens is 387 g/mol. The van der Waals surface area contributed by atoms with Gasteiger partial charge >= 0.3 is 0 Å². The highest BCUT2D eigenvalue weighted by atomic mass is 16.2. The fourth-order valence-corrected chi connectivity index (χ4v) is 4.02. The predicted octanol–water partition coefficient (Wildman–Crippen LogP) is 2.67. The molecule has 3 aromatic rings. The molecule has 3 aromatic heterocycles. The average molecular weight is 416 g/mol. The van der Waals surface area contributed by atoms with Crippen LogP contribution in [0.5, 0.6) is 0 Å². The largest absolute Gasteiger partial charge is 0.366 e. The Morgan fingerprint density at radius 2 is 2.10 bits per heavy atom. The molecule has 1 aliphatic rings. The van der Waals surface area contributed by atoms with Crippen molar-refractivity contribution in [3.05, 3.63) is 48.0 Å². The molecule has 0 unspecified atom stereocenters. The number of nitrogens with one attached hydrogen (secondary N) is 1. The number of anilines is 1. The van der Waals surface area contributed by atoms with Gasteiger partial charge in [0.15, 0.2) is 0 Å². The van der Waals surface area contributed by atoms with Crippen molar-refractivity contribution in [1.29, 1.82) is 0 Å². The van der Waals surface area contributed by atoms with Gasteiger partial charge in [0.25, 0.3) is 0 Å². The lowest BCUT2D eigenvalue weighted by Crippen LogP contribution is -2.38. The molecular formula is C23H29BN6O. The van der Waals surface area contributed by atoms with Crippen molar-refractivity contribution in [2.75, 3.05) is 18.4 Å². The highest BCUT2D eigenvalue weighted by molar-refractivity contribution is 6.36. The fourth-order valence-electron chi connectivity index (χ4n) is 4.02. The van der Waals surface area contributed by atoms with E-state index < -0.39 is 0 Å². The van der Waals surface area contributed by atoms with Crippen molar-refractivity contribution < 1.29 is 4.79 Å². The molecule has 160 valence electrons. The van der Waals surface area contributed by atoms with E-state index in [0.717, 1.165) is 49.4 Å². The number of carbonyl (C=O) groups excluding carboxylic acids is 1. The van der Waals surface area contributed by atoms with Crippen LogP contribution in [0.1, 0.15) is 56.7 Å². The first kappa shape index (κ1) is 21.3. The summed E-state index contributed by atoms with van der Waals surface area (Å²) in [5, 5.41) is 7.84. The zero-order valence-corrected chi connectivity index (χ0v) is 18.3. The van der Waals surface area contributed by atoms with Crippen LogP contribution >= 0.6 is 0 Å². The molecule has 7 nitrogen and oxygen atoms in total. The second-order valence-corrected chi connectivity index (χ2v) is 8.70. The van der Waals surface area contributed by atoms with E-state index in [4.69, 9.17) is 12.8 Å². The number of piperidine rings is 1. The van der Waals surface area contributed by atoms with Crippen LogP contribution < -0.4 is 10.8 Å². The van der Waals surface area contributed by atoms with Gasteiger partial charge in [-0.3, -0.25) is 9.78 Å². The number of hydrogen-bond acceptors (Lipinski definition) is 5. The van der Waals surface area contributed by atoms with Gasteiger partial charge in [-0.1, -0.05) is 19.9 Å². The molecule has 1 amide bonds. The summed E-state index contributed by atoms with van der Waals surface area (Å²) in [6.45, 7) is 6.51. The van der Waals surface area contributed by atoms with Crippen LogP contribution in [0.25, 0.3) is 5.65 Å². The first-order chi connectivity index (χ1) is 15.0. The first-order valence-electron chi connectivity index (χ1n) is 11.1. The van der Waals surface area contributed by atoms with Crippen LogP contribution in [-0.4, -0.2) is 51.3 Å². The predicted molar refractivity (Wildman–Crippen MR) is 123 cm³/mol. The zero-order valence-electron chi connectivity index (χ0n) is 18.3. The Morgan fingerprint density at radius 3 is 2.81 bits per heavy atom. The molecule has 1 N–H and O–H groups in total. The summed E-state index contributed by atoms with van der Waals surface area (Å²) in [5.74, 6) is 1.98. The number of carbonyl (C=O) groups is 1. The number of amides is 1. The van der Waals surface area contributed by atoms with Gasteiger partial charge in [0.1, 0.15) is 19.3 Å². The van der Waals surface area contributed by atoms with E-state index in [1.54, 1.807) is 16.9 Å². The highest BCUT2D eigenvalue weighted by Gasteiger charge is 2.25. The molecule has 0 atom stereocenters. The highest BCUT2D eigenvalue weighted by Crippen LogP contribution is 2.29. The minimum absolute atomic E-state index is 0.273. The summed E-state index contributed by atoms with van der Waals surface area (Å²) in [5.41, 5.74) is 3.32. The monoisotopic (exact) mass is 416 g/mol. The Kier molecular flexibility index (Phi) is 6.54. The maximum absolute atomic E-state index is 12.5. The van der Waals surface area contributed by atoms with Crippen LogP contribution in [0.3, 0.4) is 0 Å². The van der Waals surface area contributed by atoms with Gasteiger partial charge in [-0.25, -0.2) is 4.98 Å². The van der Waals surface area contributed by atoms with Gasteiger partial charge in [0, 0.05) is 62.3 Å². The summed E-state index contributed by atoms with van der Waals surface area (Å²) in [7, 11) is 6.13. The van der Waals surface area contributed by atoms with E-state index in [2.05, 4.69) is 35.3 Å². The molecule has 4 rings (SSSR count). The second-order valence-electron chi connectivity index (χ2n) is 8.70. The lowest BCUT2D eigenvalue weighted by molar-refractivity contribution is -0.132. The summed E-state index contributed by atoms with van der Waals surface area (Å²) < 4.78 is 1.75. The third-order valence-electron chi connectivity index (χ3n) is 5.92. The lowest BCUT2D eigenvalue weighted by Gasteiger charge is -2.32. The second kappa shape index (κ2) is 9.50. The molecule has 1 saturated heterocycles. The topological polar surface area (TPSA) is 75.4 Å². The van der Waals surface area contributed by atoms with Crippen molar-refractivity contribution in [2.45, 2.75) is 52.0 Å². The molecule has 1 aliphatic heterocycles. The molecule has 4 heterocycles. The van der Waals surface area contributed by atoms with Gasteiger partial charge in [0.2, 0.25) is 5.91 Å². The third-order valence-corrected chi connectivity index (χ3v) is 5.92. The van der Waals surface area contributed by atoms with Crippen LogP contribution in [0.2, 0.25) is 0 Å². The zero-order chi connectivity index (χ0) is 21.8. The molecule has 0 spiro atoms. The molecule has 0 aliphatic carbocycles. The van der Waals surface area contributed by atoms with Crippen LogP contribution in [0.4, 0.5) is 5.82 Å². The minimum atomic E-state index is 0.273. The van der Waals surface area contributed by atoms with E-state index in [1.165, 1.54) is 0 Å². The Morgan fingerprint density at radius 1 is 1.29 bits per heavy atom. The van der Waals surface area contributed by atoms with Gasteiger partial charge in [-0.15, -0.1) is 0 Å². The van der Waals surface area contributed by atoms with Crippen molar-refractivity contribution >= 4 is 30.7 Å². The van der Waals surface area contributed by atoms with Crippen molar-refractivity contribution in [3.63, 3.8) is 0 Å². The number of pyridine rings is 1. The maximum atomic E-state index is 12.5. The smallest absolute Gasteiger partial charge is 0.222 e. The maximum Gasteiger partial charge on any atom is 0.222 e. The van der Waals surface area contributed by atoms with Crippen LogP contribution in [0, 0.1) is 5.92 Å². The number of nitrogens with zero attached hydrogens (tertiary/aromatic N) is 5. The van der Waals surface area contributed by atoms with E-state index in [1.807, 2.05) is 23.2 Å². The number of rotatable bonds is 7. The van der Waals surface area contributed by atoms with Crippen molar-refractivity contribution in [3.8, 4) is 0 Å². The van der Waals surface area contributed by atoms with Crippen LogP contribution in [-0.2, 0) is 11.3 Å². The molecule has 0 saturated carbocycles.